The molecule has 0 saturated carbocycles. The highest BCUT2D eigenvalue weighted by Gasteiger charge is 2.21. The highest BCUT2D eigenvalue weighted by Crippen LogP contribution is 2.27. The number of hydrogen-bond donors (Lipinski definition) is 2. The number of nitrogens with one attached hydrogen (secondary N) is 1. The molecule has 2 nitrogen and oxygen atoms in total. The molecule has 64 valence electrons. The molecule has 1 fully saturated rings. The van der Waals surface area contributed by atoms with E-state index in [1.54, 1.807) is 0 Å². The van der Waals surface area contributed by atoms with Crippen molar-refractivity contribution < 1.29 is 9.50 Å². The number of aromatic hydroxyl groups is 1. The zero-order valence-electron chi connectivity index (χ0n) is 6.55. The summed E-state index contributed by atoms with van der Waals surface area (Å²) >= 11 is 0. The molecule has 0 aliphatic carbocycles. The number of halogens is 1. The molecule has 0 bridgehead atoms. The Kier molecular flexibility index (Phi) is 1.73. The number of benzene rings is 1. The standard InChI is InChI=1S/C9H10FNO/c10-8-2-1-6(12)5-7(8)9-3-4-11-9/h1-2,5,9,11-12H,3-4H2. The van der Waals surface area contributed by atoms with E-state index in [-0.39, 0.29) is 17.6 Å². The van der Waals surface area contributed by atoms with Crippen LogP contribution in [0.15, 0.2) is 18.2 Å². The van der Waals surface area contributed by atoms with E-state index < -0.39 is 0 Å². The minimum atomic E-state index is -0.245. The van der Waals surface area contributed by atoms with Gasteiger partial charge in [-0.2, -0.15) is 0 Å². The molecule has 1 saturated heterocycles. The van der Waals surface area contributed by atoms with Crippen LogP contribution in [0.2, 0.25) is 0 Å². The Bertz CT molecular complexity index is 297. The first-order valence-corrected chi connectivity index (χ1v) is 3.99. The number of hydrogen-bond acceptors (Lipinski definition) is 2. The molecule has 1 unspecified atom stereocenters. The van der Waals surface area contributed by atoms with Crippen LogP contribution in [0.5, 0.6) is 5.75 Å². The third-order valence-corrected chi connectivity index (χ3v) is 2.18. The highest BCUT2D eigenvalue weighted by molar-refractivity contribution is 5.31. The molecule has 0 amide bonds. The fraction of sp³-hybridized carbons (Fsp3) is 0.333. The Balaban J connectivity index is 2.34. The molecule has 0 radical (unpaired) electrons. The molecule has 1 aliphatic rings. The molecular weight excluding hydrogens is 157 g/mol. The van der Waals surface area contributed by atoms with Gasteiger partial charge in [0.15, 0.2) is 0 Å². The Morgan fingerprint density at radius 1 is 1.50 bits per heavy atom. The lowest BCUT2D eigenvalue weighted by molar-refractivity contribution is 0.367. The fourth-order valence-corrected chi connectivity index (χ4v) is 1.35. The van der Waals surface area contributed by atoms with E-state index in [1.807, 2.05) is 0 Å². The van der Waals surface area contributed by atoms with Crippen LogP contribution >= 0.6 is 0 Å². The van der Waals surface area contributed by atoms with Gasteiger partial charge in [-0.1, -0.05) is 0 Å². The topological polar surface area (TPSA) is 32.3 Å². The Morgan fingerprint density at radius 2 is 2.25 bits per heavy atom. The number of rotatable bonds is 1. The lowest BCUT2D eigenvalue weighted by atomic mass is 9.97. The maximum Gasteiger partial charge on any atom is 0.128 e. The van der Waals surface area contributed by atoms with E-state index in [4.69, 9.17) is 5.11 Å². The number of phenolic OH excluding ortho intramolecular Hbond substituents is 1. The molecular formula is C9H10FNO. The van der Waals surface area contributed by atoms with Gasteiger partial charge in [0, 0.05) is 11.6 Å². The summed E-state index contributed by atoms with van der Waals surface area (Å²) in [4.78, 5) is 0. The maximum absolute atomic E-state index is 13.1. The zero-order chi connectivity index (χ0) is 8.55. The lowest BCUT2D eigenvalue weighted by Crippen LogP contribution is -2.35. The SMILES string of the molecule is Oc1ccc(F)c(C2CCN2)c1. The molecule has 1 aromatic carbocycles. The van der Waals surface area contributed by atoms with Crippen LogP contribution in [0.1, 0.15) is 18.0 Å². The van der Waals surface area contributed by atoms with Gasteiger partial charge < -0.3 is 10.4 Å². The van der Waals surface area contributed by atoms with Crippen molar-refractivity contribution in [1.82, 2.24) is 5.32 Å². The van der Waals surface area contributed by atoms with Gasteiger partial charge in [0.05, 0.1) is 0 Å². The third kappa shape index (κ3) is 1.16. The van der Waals surface area contributed by atoms with E-state index in [0.29, 0.717) is 5.56 Å². The Hall–Kier alpha value is -1.09. The number of phenols is 1. The second-order valence-corrected chi connectivity index (χ2v) is 3.00. The van der Waals surface area contributed by atoms with Crippen molar-refractivity contribution in [2.45, 2.75) is 12.5 Å². The minimum Gasteiger partial charge on any atom is -0.508 e. The van der Waals surface area contributed by atoms with E-state index in [2.05, 4.69) is 5.32 Å². The Morgan fingerprint density at radius 3 is 2.83 bits per heavy atom. The predicted molar refractivity (Wildman–Crippen MR) is 43.4 cm³/mol. The second kappa shape index (κ2) is 2.75. The minimum absolute atomic E-state index is 0.0945. The van der Waals surface area contributed by atoms with Gasteiger partial charge in [0.1, 0.15) is 11.6 Å². The zero-order valence-corrected chi connectivity index (χ0v) is 6.55. The van der Waals surface area contributed by atoms with Crippen LogP contribution in [0.25, 0.3) is 0 Å². The Labute approximate surface area is 70.0 Å². The van der Waals surface area contributed by atoms with Crippen LogP contribution in [0.3, 0.4) is 0 Å². The van der Waals surface area contributed by atoms with E-state index in [9.17, 15) is 4.39 Å². The average Bonchev–Trinajstić information content (AvgIpc) is 1.93. The van der Waals surface area contributed by atoms with Crippen molar-refractivity contribution >= 4 is 0 Å². The summed E-state index contributed by atoms with van der Waals surface area (Å²) in [6, 6.07) is 4.23. The smallest absolute Gasteiger partial charge is 0.128 e. The van der Waals surface area contributed by atoms with Crippen LogP contribution in [-0.4, -0.2) is 11.7 Å². The van der Waals surface area contributed by atoms with Crippen molar-refractivity contribution in [1.29, 1.82) is 0 Å². The molecule has 12 heavy (non-hydrogen) atoms. The van der Waals surface area contributed by atoms with Gasteiger partial charge >= 0.3 is 0 Å². The first kappa shape index (κ1) is 7.55. The summed E-state index contributed by atoms with van der Waals surface area (Å²) < 4.78 is 13.1. The van der Waals surface area contributed by atoms with Gasteiger partial charge in [-0.15, -0.1) is 0 Å². The van der Waals surface area contributed by atoms with Gasteiger partial charge in [0.2, 0.25) is 0 Å². The van der Waals surface area contributed by atoms with Crippen LogP contribution in [0.4, 0.5) is 4.39 Å². The van der Waals surface area contributed by atoms with Crippen LogP contribution in [0, 0.1) is 5.82 Å². The van der Waals surface area contributed by atoms with Crippen molar-refractivity contribution in [3.05, 3.63) is 29.6 Å². The summed E-state index contributed by atoms with van der Waals surface area (Å²) in [5, 5.41) is 12.2. The van der Waals surface area contributed by atoms with Gasteiger partial charge in [-0.05, 0) is 31.2 Å². The van der Waals surface area contributed by atoms with Crippen molar-refractivity contribution in [2.24, 2.45) is 0 Å². The largest absolute Gasteiger partial charge is 0.508 e. The summed E-state index contributed by atoms with van der Waals surface area (Å²) in [6.07, 6.45) is 0.945. The second-order valence-electron chi connectivity index (χ2n) is 3.00. The first-order chi connectivity index (χ1) is 5.77. The summed E-state index contributed by atoms with van der Waals surface area (Å²) in [7, 11) is 0. The molecule has 1 heterocycles. The monoisotopic (exact) mass is 167 g/mol. The molecule has 1 atom stereocenters. The molecule has 1 aliphatic heterocycles. The summed E-state index contributed by atoms with van der Waals surface area (Å²) in [5.74, 6) is -0.120. The van der Waals surface area contributed by atoms with Gasteiger partial charge in [0.25, 0.3) is 0 Å². The lowest BCUT2D eigenvalue weighted by Gasteiger charge is -2.28. The van der Waals surface area contributed by atoms with Gasteiger partial charge in [-0.3, -0.25) is 0 Å². The molecule has 0 aromatic heterocycles. The third-order valence-electron chi connectivity index (χ3n) is 2.18. The first-order valence-electron chi connectivity index (χ1n) is 3.99. The van der Waals surface area contributed by atoms with Crippen LogP contribution < -0.4 is 5.32 Å². The highest BCUT2D eigenvalue weighted by atomic mass is 19.1. The van der Waals surface area contributed by atoms with Crippen molar-refractivity contribution in [3.8, 4) is 5.75 Å². The fourth-order valence-electron chi connectivity index (χ4n) is 1.35. The molecule has 1 aromatic rings. The van der Waals surface area contributed by atoms with Gasteiger partial charge in [-0.25, -0.2) is 4.39 Å². The maximum atomic E-state index is 13.1. The van der Waals surface area contributed by atoms with E-state index >= 15 is 0 Å². The van der Waals surface area contributed by atoms with E-state index in [1.165, 1.54) is 18.2 Å². The van der Waals surface area contributed by atoms with Crippen LogP contribution in [-0.2, 0) is 0 Å². The quantitative estimate of drug-likeness (QED) is 0.665. The normalized spacial score (nSPS) is 21.9. The average molecular weight is 167 g/mol. The summed E-state index contributed by atoms with van der Waals surface area (Å²) in [5.41, 5.74) is 0.571. The molecule has 2 N–H and O–H groups in total. The molecule has 2 rings (SSSR count). The summed E-state index contributed by atoms with van der Waals surface area (Å²) in [6.45, 7) is 0.930. The van der Waals surface area contributed by atoms with Crippen molar-refractivity contribution in [3.63, 3.8) is 0 Å². The molecule has 0 spiro atoms. The van der Waals surface area contributed by atoms with Crippen molar-refractivity contribution in [2.75, 3.05) is 6.54 Å². The molecule has 3 heteroatoms. The van der Waals surface area contributed by atoms with E-state index in [0.717, 1.165) is 13.0 Å². The predicted octanol–water partition coefficient (Wildman–Crippen LogP) is 1.57.